The Hall–Kier alpha value is -1.39. The molecule has 4 nitrogen and oxygen atoms in total. The van der Waals surface area contributed by atoms with Gasteiger partial charge in [-0.1, -0.05) is 19.1 Å². The molecule has 1 fully saturated rings. The van der Waals surface area contributed by atoms with Crippen LogP contribution in [0.2, 0.25) is 0 Å². The van der Waals surface area contributed by atoms with Crippen molar-refractivity contribution in [1.29, 1.82) is 0 Å². The highest BCUT2D eigenvalue weighted by atomic mass is 16.5. The van der Waals surface area contributed by atoms with Gasteiger partial charge in [0.1, 0.15) is 0 Å². The number of esters is 1. The summed E-state index contributed by atoms with van der Waals surface area (Å²) in [5, 5.41) is 6.84. The molecule has 0 saturated carbocycles. The minimum Gasteiger partial charge on any atom is -0.465 e. The summed E-state index contributed by atoms with van der Waals surface area (Å²) in [6.07, 6.45) is 0.832. The third-order valence-corrected chi connectivity index (χ3v) is 3.36. The molecular formula is C14H20N2O2. The number of hydrogen-bond acceptors (Lipinski definition) is 4. The third-order valence-electron chi connectivity index (χ3n) is 3.36. The number of piperazine rings is 1. The molecule has 1 aliphatic rings. The Morgan fingerprint density at radius 3 is 2.89 bits per heavy atom. The monoisotopic (exact) mass is 248 g/mol. The number of nitrogens with one attached hydrogen (secondary N) is 2. The van der Waals surface area contributed by atoms with Crippen LogP contribution in [-0.4, -0.2) is 32.7 Å². The first-order valence-electron chi connectivity index (χ1n) is 6.41. The van der Waals surface area contributed by atoms with Gasteiger partial charge in [0.2, 0.25) is 0 Å². The van der Waals surface area contributed by atoms with Crippen LogP contribution in [0.25, 0.3) is 0 Å². The van der Waals surface area contributed by atoms with Crippen molar-refractivity contribution in [3.05, 3.63) is 34.9 Å². The Morgan fingerprint density at radius 1 is 1.44 bits per heavy atom. The summed E-state index contributed by atoms with van der Waals surface area (Å²) < 4.78 is 4.80. The SMILES string of the molecule is CCc1cc(C2CNCCN2)ccc1C(=O)OC. The van der Waals surface area contributed by atoms with Crippen molar-refractivity contribution < 1.29 is 9.53 Å². The maximum absolute atomic E-state index is 11.6. The van der Waals surface area contributed by atoms with Crippen LogP contribution in [0.3, 0.4) is 0 Å². The van der Waals surface area contributed by atoms with Gasteiger partial charge in [0.15, 0.2) is 0 Å². The van der Waals surface area contributed by atoms with Crippen LogP contribution in [0.1, 0.15) is 34.5 Å². The van der Waals surface area contributed by atoms with Gasteiger partial charge in [-0.2, -0.15) is 0 Å². The number of carbonyl (C=O) groups excluding carboxylic acids is 1. The average Bonchev–Trinajstić information content (AvgIpc) is 2.46. The van der Waals surface area contributed by atoms with Crippen LogP contribution in [0.4, 0.5) is 0 Å². The Balaban J connectivity index is 2.26. The molecule has 1 aliphatic heterocycles. The van der Waals surface area contributed by atoms with Crippen LogP contribution in [0.15, 0.2) is 18.2 Å². The zero-order valence-electron chi connectivity index (χ0n) is 11.0. The van der Waals surface area contributed by atoms with Gasteiger partial charge < -0.3 is 15.4 Å². The highest BCUT2D eigenvalue weighted by Crippen LogP contribution is 2.20. The number of ether oxygens (including phenoxy) is 1. The molecule has 0 bridgehead atoms. The lowest BCUT2D eigenvalue weighted by Gasteiger charge is -2.25. The minimum atomic E-state index is -0.256. The first-order valence-corrected chi connectivity index (χ1v) is 6.41. The second-order valence-electron chi connectivity index (χ2n) is 4.47. The van der Waals surface area contributed by atoms with Crippen molar-refractivity contribution in [3.8, 4) is 0 Å². The number of rotatable bonds is 3. The van der Waals surface area contributed by atoms with E-state index in [1.54, 1.807) is 0 Å². The van der Waals surface area contributed by atoms with Gasteiger partial charge in [0.25, 0.3) is 0 Å². The molecule has 98 valence electrons. The van der Waals surface area contributed by atoms with Crippen LogP contribution in [0.5, 0.6) is 0 Å². The number of hydrogen-bond donors (Lipinski definition) is 2. The van der Waals surface area contributed by atoms with Crippen molar-refractivity contribution in [2.45, 2.75) is 19.4 Å². The molecule has 4 heteroatoms. The maximum atomic E-state index is 11.6. The number of aryl methyl sites for hydroxylation is 1. The van der Waals surface area contributed by atoms with E-state index in [-0.39, 0.29) is 5.97 Å². The molecule has 2 N–H and O–H groups in total. The summed E-state index contributed by atoms with van der Waals surface area (Å²) in [5.74, 6) is -0.256. The summed E-state index contributed by atoms with van der Waals surface area (Å²) in [5.41, 5.74) is 2.95. The molecule has 1 saturated heterocycles. The van der Waals surface area contributed by atoms with Crippen molar-refractivity contribution in [3.63, 3.8) is 0 Å². The molecule has 0 aliphatic carbocycles. The minimum absolute atomic E-state index is 0.256. The lowest BCUT2D eigenvalue weighted by atomic mass is 9.97. The fraction of sp³-hybridized carbons (Fsp3) is 0.500. The van der Waals surface area contributed by atoms with Crippen molar-refractivity contribution in [2.24, 2.45) is 0 Å². The van der Waals surface area contributed by atoms with E-state index in [1.807, 2.05) is 12.1 Å². The standard InChI is InChI=1S/C14H20N2O2/c1-3-10-8-11(13-9-15-6-7-16-13)4-5-12(10)14(17)18-2/h4-5,8,13,15-16H,3,6-7,9H2,1-2H3. The largest absolute Gasteiger partial charge is 0.465 e. The molecule has 18 heavy (non-hydrogen) atoms. The van der Waals surface area contributed by atoms with Crippen molar-refractivity contribution >= 4 is 5.97 Å². The zero-order valence-corrected chi connectivity index (χ0v) is 11.0. The normalized spacial score (nSPS) is 19.6. The van der Waals surface area contributed by atoms with E-state index in [9.17, 15) is 4.79 Å². The van der Waals surface area contributed by atoms with E-state index in [0.29, 0.717) is 11.6 Å². The first kappa shape index (κ1) is 13.1. The molecule has 1 aromatic rings. The average molecular weight is 248 g/mol. The second-order valence-corrected chi connectivity index (χ2v) is 4.47. The van der Waals surface area contributed by atoms with Gasteiger partial charge in [0.05, 0.1) is 12.7 Å². The molecule has 1 atom stereocenters. The highest BCUT2D eigenvalue weighted by Gasteiger charge is 2.17. The van der Waals surface area contributed by atoms with Crippen LogP contribution in [-0.2, 0) is 11.2 Å². The van der Waals surface area contributed by atoms with Crippen LogP contribution >= 0.6 is 0 Å². The zero-order chi connectivity index (χ0) is 13.0. The highest BCUT2D eigenvalue weighted by molar-refractivity contribution is 5.91. The van der Waals surface area contributed by atoms with Crippen molar-refractivity contribution in [1.82, 2.24) is 10.6 Å². The molecule has 0 spiro atoms. The van der Waals surface area contributed by atoms with Gasteiger partial charge in [0, 0.05) is 25.7 Å². The summed E-state index contributed by atoms with van der Waals surface area (Å²) in [4.78, 5) is 11.6. The van der Waals surface area contributed by atoms with Crippen LogP contribution in [0, 0.1) is 0 Å². The Bertz CT molecular complexity index is 426. The molecule has 1 aromatic carbocycles. The molecule has 0 amide bonds. The molecule has 1 unspecified atom stereocenters. The van der Waals surface area contributed by atoms with E-state index in [0.717, 1.165) is 31.6 Å². The van der Waals surface area contributed by atoms with Gasteiger partial charge in [-0.05, 0) is 23.6 Å². The van der Waals surface area contributed by atoms with Gasteiger partial charge in [-0.15, -0.1) is 0 Å². The molecule has 0 aromatic heterocycles. The quantitative estimate of drug-likeness (QED) is 0.791. The third kappa shape index (κ3) is 2.71. The van der Waals surface area contributed by atoms with Crippen molar-refractivity contribution in [2.75, 3.05) is 26.7 Å². The van der Waals surface area contributed by atoms with E-state index < -0.39 is 0 Å². The summed E-state index contributed by atoms with van der Waals surface area (Å²) in [6, 6.07) is 6.32. The lowest BCUT2D eigenvalue weighted by molar-refractivity contribution is 0.0599. The smallest absolute Gasteiger partial charge is 0.338 e. The lowest BCUT2D eigenvalue weighted by Crippen LogP contribution is -2.42. The molecule has 0 radical (unpaired) electrons. The molecule has 2 rings (SSSR count). The molecular weight excluding hydrogens is 228 g/mol. The Kier molecular flexibility index (Phi) is 4.33. The van der Waals surface area contributed by atoms with E-state index in [4.69, 9.17) is 4.74 Å². The topological polar surface area (TPSA) is 50.4 Å². The van der Waals surface area contributed by atoms with Gasteiger partial charge in [-0.3, -0.25) is 0 Å². The second kappa shape index (κ2) is 5.98. The fourth-order valence-corrected chi connectivity index (χ4v) is 2.32. The van der Waals surface area contributed by atoms with Crippen LogP contribution < -0.4 is 10.6 Å². The summed E-state index contributed by atoms with van der Waals surface area (Å²) in [6.45, 7) is 4.97. The summed E-state index contributed by atoms with van der Waals surface area (Å²) >= 11 is 0. The number of carbonyl (C=O) groups is 1. The van der Waals surface area contributed by atoms with E-state index in [2.05, 4.69) is 23.6 Å². The maximum Gasteiger partial charge on any atom is 0.338 e. The van der Waals surface area contributed by atoms with E-state index >= 15 is 0 Å². The Morgan fingerprint density at radius 2 is 2.28 bits per heavy atom. The first-order chi connectivity index (χ1) is 8.76. The van der Waals surface area contributed by atoms with Gasteiger partial charge >= 0.3 is 5.97 Å². The number of methoxy groups -OCH3 is 1. The fourth-order valence-electron chi connectivity index (χ4n) is 2.32. The van der Waals surface area contributed by atoms with E-state index in [1.165, 1.54) is 12.7 Å². The predicted octanol–water partition coefficient (Wildman–Crippen LogP) is 1.27. The van der Waals surface area contributed by atoms with Gasteiger partial charge in [-0.25, -0.2) is 4.79 Å². The number of benzene rings is 1. The Labute approximate surface area is 108 Å². The molecule has 1 heterocycles. The summed E-state index contributed by atoms with van der Waals surface area (Å²) in [7, 11) is 1.42. The predicted molar refractivity (Wildman–Crippen MR) is 70.8 cm³/mol.